The second kappa shape index (κ2) is 6.19. The van der Waals surface area contributed by atoms with Gasteiger partial charge in [0.25, 0.3) is 0 Å². The van der Waals surface area contributed by atoms with Crippen LogP contribution >= 0.6 is 0 Å². The first-order valence-electron chi connectivity index (χ1n) is 7.06. The lowest BCUT2D eigenvalue weighted by Gasteiger charge is -2.28. The van der Waals surface area contributed by atoms with Crippen LogP contribution in [0.15, 0.2) is 0 Å². The van der Waals surface area contributed by atoms with Gasteiger partial charge in [-0.3, -0.25) is 9.89 Å². The van der Waals surface area contributed by atoms with Crippen LogP contribution in [0, 0.1) is 13.8 Å². The molecular weight excluding hydrogens is 242 g/mol. The van der Waals surface area contributed by atoms with Gasteiger partial charge in [-0.15, -0.1) is 0 Å². The van der Waals surface area contributed by atoms with Crippen molar-refractivity contribution in [3.8, 4) is 0 Å². The van der Waals surface area contributed by atoms with Crippen molar-refractivity contribution in [2.24, 2.45) is 0 Å². The normalized spacial score (nSPS) is 23.3. The quantitative estimate of drug-likeness (QED) is 0.769. The van der Waals surface area contributed by atoms with E-state index in [0.717, 1.165) is 42.6 Å². The highest BCUT2D eigenvalue weighted by molar-refractivity contribution is 5.76. The zero-order valence-electron chi connectivity index (χ0n) is 11.7. The lowest BCUT2D eigenvalue weighted by atomic mass is 9.92. The van der Waals surface area contributed by atoms with Gasteiger partial charge in [0.05, 0.1) is 17.8 Å². The van der Waals surface area contributed by atoms with Crippen molar-refractivity contribution in [3.05, 3.63) is 17.0 Å². The van der Waals surface area contributed by atoms with Gasteiger partial charge in [0.2, 0.25) is 5.91 Å². The molecule has 1 heterocycles. The van der Waals surface area contributed by atoms with Crippen LogP contribution in [0.25, 0.3) is 0 Å². The van der Waals surface area contributed by atoms with Crippen LogP contribution in [0.2, 0.25) is 0 Å². The molecule has 19 heavy (non-hydrogen) atoms. The molecule has 0 bridgehead atoms. The highest BCUT2D eigenvalue weighted by atomic mass is 16.3. The van der Waals surface area contributed by atoms with Gasteiger partial charge in [-0.05, 0) is 32.3 Å². The number of aliphatic hydroxyl groups is 1. The summed E-state index contributed by atoms with van der Waals surface area (Å²) in [6, 6.07) is -0.0664. The van der Waals surface area contributed by atoms with Crippen LogP contribution < -0.4 is 5.32 Å². The number of hydrogen-bond donors (Lipinski definition) is 3. The van der Waals surface area contributed by atoms with Crippen LogP contribution in [-0.4, -0.2) is 33.4 Å². The predicted octanol–water partition coefficient (Wildman–Crippen LogP) is 1.38. The predicted molar refractivity (Wildman–Crippen MR) is 72.8 cm³/mol. The molecule has 1 aromatic rings. The van der Waals surface area contributed by atoms with Gasteiger partial charge in [0.15, 0.2) is 0 Å². The molecular formula is C14H23N3O2. The minimum atomic E-state index is -0.382. The highest BCUT2D eigenvalue weighted by Gasteiger charge is 2.24. The topological polar surface area (TPSA) is 78.0 Å². The summed E-state index contributed by atoms with van der Waals surface area (Å²) in [4.78, 5) is 11.9. The first-order valence-corrected chi connectivity index (χ1v) is 7.06. The Morgan fingerprint density at radius 3 is 2.79 bits per heavy atom. The Morgan fingerprint density at radius 1 is 1.42 bits per heavy atom. The number of nitrogens with zero attached hydrogens (tertiary/aromatic N) is 1. The number of aromatic amines is 1. The number of hydrogen-bond acceptors (Lipinski definition) is 3. The van der Waals surface area contributed by atoms with Crippen LogP contribution in [0.3, 0.4) is 0 Å². The number of rotatable bonds is 4. The average Bonchev–Trinajstić information content (AvgIpc) is 2.70. The molecule has 0 spiro atoms. The Bertz CT molecular complexity index is 442. The first kappa shape index (κ1) is 14.1. The van der Waals surface area contributed by atoms with E-state index in [9.17, 15) is 9.90 Å². The van der Waals surface area contributed by atoms with Crippen molar-refractivity contribution in [2.45, 2.75) is 64.5 Å². The minimum absolute atomic E-state index is 0.00556. The van der Waals surface area contributed by atoms with Crippen LogP contribution in [0.1, 0.15) is 49.1 Å². The zero-order valence-corrected chi connectivity index (χ0v) is 11.7. The van der Waals surface area contributed by atoms with E-state index in [1.807, 2.05) is 13.8 Å². The molecule has 1 amide bonds. The van der Waals surface area contributed by atoms with Gasteiger partial charge in [-0.25, -0.2) is 0 Å². The molecule has 106 valence electrons. The maximum absolute atomic E-state index is 11.9. The van der Waals surface area contributed by atoms with Crippen LogP contribution in [0.5, 0.6) is 0 Å². The lowest BCUT2D eigenvalue weighted by molar-refractivity contribution is -0.123. The number of H-pyrrole nitrogens is 1. The molecule has 1 aliphatic carbocycles. The second-order valence-corrected chi connectivity index (χ2v) is 5.45. The van der Waals surface area contributed by atoms with E-state index in [0.29, 0.717) is 12.8 Å². The number of nitrogens with one attached hydrogen (secondary N) is 2. The number of carbonyl (C=O) groups excluding carboxylic acids is 1. The van der Waals surface area contributed by atoms with E-state index in [1.54, 1.807) is 0 Å². The van der Waals surface area contributed by atoms with E-state index in [1.165, 1.54) is 0 Å². The Morgan fingerprint density at radius 2 is 2.16 bits per heavy atom. The Kier molecular flexibility index (Phi) is 4.58. The van der Waals surface area contributed by atoms with Gasteiger partial charge in [0.1, 0.15) is 0 Å². The Balaban J connectivity index is 1.80. The largest absolute Gasteiger partial charge is 0.391 e. The summed E-state index contributed by atoms with van der Waals surface area (Å²) in [5, 5.41) is 19.9. The van der Waals surface area contributed by atoms with Crippen molar-refractivity contribution in [2.75, 3.05) is 0 Å². The summed E-state index contributed by atoms with van der Waals surface area (Å²) in [5.74, 6) is 0.00556. The fraction of sp³-hybridized carbons (Fsp3) is 0.714. The molecule has 5 nitrogen and oxygen atoms in total. The molecule has 3 N–H and O–H groups in total. The molecule has 0 saturated heterocycles. The molecule has 2 rings (SSSR count). The molecule has 1 saturated carbocycles. The van der Waals surface area contributed by atoms with E-state index in [-0.39, 0.29) is 18.1 Å². The van der Waals surface area contributed by atoms with Gasteiger partial charge in [-0.2, -0.15) is 5.10 Å². The number of amides is 1. The molecule has 0 unspecified atom stereocenters. The first-order chi connectivity index (χ1) is 9.08. The molecule has 0 aromatic carbocycles. The van der Waals surface area contributed by atoms with Gasteiger partial charge < -0.3 is 10.4 Å². The third-order valence-electron chi connectivity index (χ3n) is 4.02. The van der Waals surface area contributed by atoms with Gasteiger partial charge in [-0.1, -0.05) is 12.8 Å². The van der Waals surface area contributed by atoms with Crippen molar-refractivity contribution in [1.29, 1.82) is 0 Å². The second-order valence-electron chi connectivity index (χ2n) is 5.45. The van der Waals surface area contributed by atoms with Gasteiger partial charge in [0, 0.05) is 18.5 Å². The summed E-state index contributed by atoms with van der Waals surface area (Å²) in [6.45, 7) is 3.99. The van der Waals surface area contributed by atoms with Crippen molar-refractivity contribution in [3.63, 3.8) is 0 Å². The summed E-state index contributed by atoms with van der Waals surface area (Å²) in [6.07, 6.45) is 4.50. The van der Waals surface area contributed by atoms with Crippen molar-refractivity contribution in [1.82, 2.24) is 15.5 Å². The number of aromatic nitrogens is 2. The highest BCUT2D eigenvalue weighted by Crippen LogP contribution is 2.18. The molecule has 0 aliphatic heterocycles. The van der Waals surface area contributed by atoms with E-state index >= 15 is 0 Å². The lowest BCUT2D eigenvalue weighted by Crippen LogP contribution is -2.45. The van der Waals surface area contributed by atoms with Crippen LogP contribution in [0.4, 0.5) is 0 Å². The SMILES string of the molecule is Cc1[nH]nc(CCC(=O)N[C@@H]2CCCC[C@H]2O)c1C. The smallest absolute Gasteiger partial charge is 0.220 e. The molecule has 0 radical (unpaired) electrons. The van der Waals surface area contributed by atoms with Crippen LogP contribution in [-0.2, 0) is 11.2 Å². The van der Waals surface area contributed by atoms with Crippen molar-refractivity contribution >= 4 is 5.91 Å². The molecule has 1 aromatic heterocycles. The fourth-order valence-electron chi connectivity index (χ4n) is 2.57. The van der Waals surface area contributed by atoms with E-state index < -0.39 is 0 Å². The summed E-state index contributed by atoms with van der Waals surface area (Å²) in [7, 11) is 0. The maximum Gasteiger partial charge on any atom is 0.220 e. The molecule has 1 aliphatic rings. The Hall–Kier alpha value is -1.36. The molecule has 2 atom stereocenters. The van der Waals surface area contributed by atoms with E-state index in [4.69, 9.17) is 0 Å². The minimum Gasteiger partial charge on any atom is -0.391 e. The standard InChI is InChI=1S/C14H23N3O2/c1-9-10(2)16-17-11(9)7-8-14(19)15-12-5-3-4-6-13(12)18/h12-13,18H,3-8H2,1-2H3,(H,15,19)(H,16,17)/t12-,13-/m1/s1. The summed E-state index contributed by atoms with van der Waals surface area (Å²) in [5.41, 5.74) is 3.14. The Labute approximate surface area is 113 Å². The summed E-state index contributed by atoms with van der Waals surface area (Å²) < 4.78 is 0. The van der Waals surface area contributed by atoms with Crippen molar-refractivity contribution < 1.29 is 9.90 Å². The summed E-state index contributed by atoms with van der Waals surface area (Å²) >= 11 is 0. The fourth-order valence-corrected chi connectivity index (χ4v) is 2.57. The van der Waals surface area contributed by atoms with Gasteiger partial charge >= 0.3 is 0 Å². The molecule has 5 heteroatoms. The monoisotopic (exact) mass is 265 g/mol. The molecule has 1 fully saturated rings. The number of carbonyl (C=O) groups is 1. The number of aryl methyl sites for hydroxylation is 2. The zero-order chi connectivity index (χ0) is 13.8. The van der Waals surface area contributed by atoms with E-state index in [2.05, 4.69) is 15.5 Å². The number of aliphatic hydroxyl groups excluding tert-OH is 1. The third-order valence-corrected chi connectivity index (χ3v) is 4.02. The average molecular weight is 265 g/mol. The third kappa shape index (κ3) is 3.56. The maximum atomic E-state index is 11.9.